The number of epoxide rings is 1. The van der Waals surface area contributed by atoms with Gasteiger partial charge in [0, 0.05) is 64.6 Å². The van der Waals surface area contributed by atoms with Crippen molar-refractivity contribution in [2.75, 3.05) is 52.1 Å². The Bertz CT molecular complexity index is 2180. The number of ketones is 2. The van der Waals surface area contributed by atoms with Gasteiger partial charge in [-0.15, -0.1) is 11.8 Å². The minimum Gasteiger partial charge on any atom is -0.495 e. The van der Waals surface area contributed by atoms with Crippen molar-refractivity contribution in [3.63, 3.8) is 0 Å². The molecule has 9 atom stereocenters. The van der Waals surface area contributed by atoms with Gasteiger partial charge in [-0.2, -0.15) is 0 Å². The Morgan fingerprint density at radius 3 is 2.46 bits per heavy atom. The Morgan fingerprint density at radius 2 is 1.79 bits per heavy atom. The molecule has 5 amide bonds. The lowest BCUT2D eigenvalue weighted by Crippen LogP contribution is -2.63. The molecule has 6 rings (SSSR count). The van der Waals surface area contributed by atoms with Crippen molar-refractivity contribution in [1.29, 1.82) is 0 Å². The number of halogens is 1. The summed E-state index contributed by atoms with van der Waals surface area (Å²) in [5.74, 6) is -1.19. The molecule has 1 aromatic rings. The number of aliphatic hydroxyl groups is 1. The number of hydrogen-bond acceptors (Lipinski definition) is 14. The van der Waals surface area contributed by atoms with Crippen LogP contribution >= 0.6 is 23.4 Å². The smallest absolute Gasteiger partial charge is 0.409 e. The molecule has 0 aromatic heterocycles. The summed E-state index contributed by atoms with van der Waals surface area (Å²) in [5.41, 5.74) is -0.924. The molecule has 4 fully saturated rings. The molecule has 374 valence electrons. The largest absolute Gasteiger partial charge is 0.495 e. The van der Waals surface area contributed by atoms with Crippen molar-refractivity contribution >= 4 is 70.3 Å². The van der Waals surface area contributed by atoms with E-state index < -0.39 is 77.3 Å². The van der Waals surface area contributed by atoms with E-state index in [0.717, 1.165) is 36.8 Å². The molecule has 0 radical (unpaired) electrons. The number of thioether (sulfide) groups is 1. The standard InChI is InChI=1S/C49H67ClN4O13S/c1-27-11-10-12-39(64-9)49(62)24-37(66-47(61)51-49)28(2)45-48(5,67-45)40(23-42(58)53(7)34-20-32(19-27)21-36(63-8)44(34)50)65-26-35(56)29(3)52(6)41(57)17-18-68-38-22-43(59)54(46(38)60)25-31-13-15-33(16-14-31)30(4)55/h10-12,20-21,28-29,31,33,37-40,45,62H,13-19,22-26H2,1-9H3,(H,51,61)/b12-10+,27-11+/t28-,29+,31?,33?,37+,38?,39-,40+,45+,48+,49+/m1/s1. The van der Waals surface area contributed by atoms with E-state index in [9.17, 15) is 38.7 Å². The number of amides is 5. The van der Waals surface area contributed by atoms with Gasteiger partial charge in [0.2, 0.25) is 23.6 Å². The van der Waals surface area contributed by atoms with E-state index >= 15 is 0 Å². The average Bonchev–Trinajstić information content (AvgIpc) is 3.93. The number of fused-ring (bicyclic) bond motifs is 5. The molecule has 3 saturated heterocycles. The van der Waals surface area contributed by atoms with Gasteiger partial charge in [0.15, 0.2) is 11.5 Å². The number of ether oxygens (including phenoxy) is 5. The zero-order chi connectivity index (χ0) is 49.8. The number of benzene rings is 1. The highest BCUT2D eigenvalue weighted by Gasteiger charge is 2.63. The van der Waals surface area contributed by atoms with E-state index in [0.29, 0.717) is 24.4 Å². The van der Waals surface area contributed by atoms with Crippen LogP contribution in [-0.4, -0.2) is 150 Å². The number of carbonyl (C=O) groups excluding carboxylic acids is 7. The van der Waals surface area contributed by atoms with Crippen LogP contribution in [0, 0.1) is 17.8 Å². The first-order valence-electron chi connectivity index (χ1n) is 23.4. The third-order valence-corrected chi connectivity index (χ3v) is 16.1. The van der Waals surface area contributed by atoms with Gasteiger partial charge in [-0.25, -0.2) is 4.79 Å². The van der Waals surface area contributed by atoms with E-state index in [1.54, 1.807) is 59.0 Å². The number of methoxy groups -OCH3 is 2. The maximum atomic E-state index is 14.3. The van der Waals surface area contributed by atoms with E-state index in [2.05, 4.69) is 5.32 Å². The van der Waals surface area contributed by atoms with Crippen molar-refractivity contribution in [2.24, 2.45) is 17.8 Å². The molecule has 4 heterocycles. The highest BCUT2D eigenvalue weighted by molar-refractivity contribution is 8.00. The topological polar surface area (TPSA) is 211 Å². The van der Waals surface area contributed by atoms with Crippen LogP contribution in [0.25, 0.3) is 0 Å². The lowest BCUT2D eigenvalue weighted by Gasteiger charge is -2.42. The zero-order valence-electron chi connectivity index (χ0n) is 40.5. The fourth-order valence-corrected chi connectivity index (χ4v) is 11.3. The number of alkyl carbamates (subject to hydrolysis) is 1. The Kier molecular flexibility index (Phi) is 17.3. The van der Waals surface area contributed by atoms with Crippen LogP contribution in [0.5, 0.6) is 5.75 Å². The van der Waals surface area contributed by atoms with Crippen molar-refractivity contribution < 1.29 is 62.4 Å². The van der Waals surface area contributed by atoms with Crippen LogP contribution in [0.4, 0.5) is 10.5 Å². The van der Waals surface area contributed by atoms with Gasteiger partial charge < -0.3 is 38.6 Å². The third kappa shape index (κ3) is 12.0. The fraction of sp³-hybridized carbons (Fsp3) is 0.653. The van der Waals surface area contributed by atoms with Gasteiger partial charge >= 0.3 is 6.09 Å². The summed E-state index contributed by atoms with van der Waals surface area (Å²) in [6.07, 6.45) is 4.21. The summed E-state index contributed by atoms with van der Waals surface area (Å²) in [6, 6.07) is 2.65. The van der Waals surface area contributed by atoms with E-state index in [4.69, 9.17) is 35.3 Å². The Labute approximate surface area is 407 Å². The molecule has 19 heteroatoms. The molecule has 0 spiro atoms. The molecule has 1 unspecified atom stereocenters. The molecule has 1 aliphatic carbocycles. The minimum absolute atomic E-state index is 0.0177. The molecule has 68 heavy (non-hydrogen) atoms. The second-order valence-electron chi connectivity index (χ2n) is 19.2. The monoisotopic (exact) mass is 986 g/mol. The van der Waals surface area contributed by atoms with Gasteiger partial charge in [-0.3, -0.25) is 39.0 Å². The van der Waals surface area contributed by atoms with Crippen molar-refractivity contribution in [3.05, 3.63) is 46.5 Å². The fourth-order valence-electron chi connectivity index (χ4n) is 9.86. The van der Waals surface area contributed by atoms with Gasteiger partial charge in [-0.1, -0.05) is 42.3 Å². The molecule has 5 aliphatic rings. The van der Waals surface area contributed by atoms with Gasteiger partial charge in [0.25, 0.3) is 0 Å². The number of likely N-dealkylation sites (tertiary alicyclic amines) is 1. The summed E-state index contributed by atoms with van der Waals surface area (Å²) in [4.78, 5) is 96.5. The van der Waals surface area contributed by atoms with E-state index in [1.165, 1.54) is 47.7 Å². The summed E-state index contributed by atoms with van der Waals surface area (Å²) >= 11 is 8.06. The number of nitrogens with zero attached hydrogens (tertiary/aromatic N) is 3. The Morgan fingerprint density at radius 1 is 1.09 bits per heavy atom. The second-order valence-corrected chi connectivity index (χ2v) is 20.9. The highest BCUT2D eigenvalue weighted by Crippen LogP contribution is 2.49. The number of rotatable bonds is 14. The van der Waals surface area contributed by atoms with Crippen molar-refractivity contribution in [1.82, 2.24) is 15.1 Å². The lowest BCUT2D eigenvalue weighted by atomic mass is 9.80. The predicted molar refractivity (Wildman–Crippen MR) is 254 cm³/mol. The van der Waals surface area contributed by atoms with Crippen LogP contribution in [0.1, 0.15) is 91.5 Å². The second kappa shape index (κ2) is 22.2. The average molecular weight is 988 g/mol. The molecule has 1 aromatic carbocycles. The van der Waals surface area contributed by atoms with Crippen LogP contribution in [0.3, 0.4) is 0 Å². The maximum Gasteiger partial charge on any atom is 0.409 e. The van der Waals surface area contributed by atoms with Crippen LogP contribution in [0.15, 0.2) is 35.9 Å². The lowest BCUT2D eigenvalue weighted by molar-refractivity contribution is -0.143. The predicted octanol–water partition coefficient (Wildman–Crippen LogP) is 5.20. The van der Waals surface area contributed by atoms with Gasteiger partial charge in [0.05, 0.1) is 42.7 Å². The van der Waals surface area contributed by atoms with Crippen LogP contribution < -0.4 is 15.0 Å². The summed E-state index contributed by atoms with van der Waals surface area (Å²) < 4.78 is 29.6. The van der Waals surface area contributed by atoms with Crippen LogP contribution in [0.2, 0.25) is 5.02 Å². The quantitative estimate of drug-likeness (QED) is 0.181. The molecule has 1 saturated carbocycles. The number of likely N-dealkylation sites (N-methyl/N-ethyl adjacent to an activating group) is 1. The van der Waals surface area contributed by atoms with Crippen molar-refractivity contribution in [2.45, 2.75) is 139 Å². The molecular weight excluding hydrogens is 920 g/mol. The highest BCUT2D eigenvalue weighted by atomic mass is 35.5. The summed E-state index contributed by atoms with van der Waals surface area (Å²) in [6.45, 7) is 8.52. The Hall–Kier alpha value is -4.33. The number of imide groups is 1. The number of allylic oxidation sites excluding steroid dienone is 3. The van der Waals surface area contributed by atoms with Gasteiger partial charge in [0.1, 0.15) is 41.0 Å². The minimum atomic E-state index is -1.85. The number of carbonyl (C=O) groups is 7. The maximum absolute atomic E-state index is 14.3. The molecular formula is C49H67ClN4O13S. The zero-order valence-corrected chi connectivity index (χ0v) is 42.1. The number of anilines is 1. The summed E-state index contributed by atoms with van der Waals surface area (Å²) in [5, 5.41) is 14.0. The van der Waals surface area contributed by atoms with E-state index in [-0.39, 0.29) is 71.8 Å². The number of Topliss-reactive ketones (excluding diaryl/α,β-unsaturated/α-hetero) is 2. The molecule has 17 nitrogen and oxygen atoms in total. The molecule has 4 aliphatic heterocycles. The van der Waals surface area contributed by atoms with Crippen LogP contribution in [-0.2, 0) is 54.1 Å². The SMILES string of the molecule is COc1cc2cc(c1Cl)N(C)C(=O)C[C@H](OCC(=O)[C@H](C)N(C)C(=O)CCSC1CC(=O)N(CC3CCC(C(C)=O)CC3)C1=O)[C@]1(C)O[C@H]1[C@H](C)[C@@H]1C[C@@](O)(NC(=O)O1)[C@H](OC)/C=C/C=C(\C)C2. The number of hydrogen-bond donors (Lipinski definition) is 2. The van der Waals surface area contributed by atoms with Crippen molar-refractivity contribution in [3.8, 4) is 5.75 Å². The molecule has 4 bridgehead atoms. The summed E-state index contributed by atoms with van der Waals surface area (Å²) in [7, 11) is 6.01. The first-order chi connectivity index (χ1) is 32.1. The van der Waals surface area contributed by atoms with Gasteiger partial charge in [-0.05, 0) is 83.4 Å². The first-order valence-corrected chi connectivity index (χ1v) is 24.8. The Balaban J connectivity index is 1.13. The third-order valence-electron chi connectivity index (χ3n) is 14.5. The van der Waals surface area contributed by atoms with E-state index in [1.807, 2.05) is 13.0 Å². The normalized spacial score (nSPS) is 32.8. The first kappa shape index (κ1) is 53.0. The molecule has 2 N–H and O–H groups in total. The number of nitrogens with one attached hydrogen (secondary N) is 1.